The SMILES string of the molecule is O=C(NC1CC1)c1ccc(-c2cnc3c(S(=O)(=O)CC4CCCO4)nc(-c4ccccc4)cn23)cc1.O=C(NC1CC1)c1ccc(-c2cnc3c(S(=O)CC4CCCO4)nc(-c4ccccc4)cn23)cc1.O=C(NC1CC1)c1ccc(-c2cnc3c(SCC4CCCO4)nc(-c4ccccc4)cn23)cc1. The van der Waals surface area contributed by atoms with Crippen LogP contribution in [0.3, 0.4) is 0 Å². The highest BCUT2D eigenvalue weighted by Crippen LogP contribution is 2.35. The molecule has 6 aromatic carbocycles. The average Bonchev–Trinajstić information content (AvgIpc) is 1.66. The normalized spacial score (nSPS) is 18.1. The van der Waals surface area contributed by atoms with E-state index in [2.05, 4.69) is 53.6 Å². The lowest BCUT2D eigenvalue weighted by atomic mass is 10.1. The van der Waals surface area contributed by atoms with Crippen LogP contribution in [0.15, 0.2) is 216 Å². The maximum atomic E-state index is 13.5. The van der Waals surface area contributed by atoms with Crippen LogP contribution in [0.25, 0.3) is 84.5 Å². The number of imidazole rings is 3. The van der Waals surface area contributed by atoms with E-state index < -0.39 is 20.6 Å². The fourth-order valence-corrected chi connectivity index (χ4v) is 17.1. The summed E-state index contributed by atoms with van der Waals surface area (Å²) in [5, 5.41) is 10.4. The Hall–Kier alpha value is -10.1. The molecule has 6 aromatic heterocycles. The Morgan fingerprint density at radius 1 is 0.438 bits per heavy atom. The van der Waals surface area contributed by atoms with Gasteiger partial charge in [0, 0.05) is 112 Å². The van der Waals surface area contributed by atoms with E-state index in [9.17, 15) is 27.0 Å². The summed E-state index contributed by atoms with van der Waals surface area (Å²) in [5.74, 6) is 1.03. The molecule has 12 aromatic rings. The number of carbonyl (C=O) groups is 3. The topological polar surface area (TPSA) is 257 Å². The second-order valence-corrected chi connectivity index (χ2v) is 31.8. The Balaban J connectivity index is 0.000000121. The number of sulfone groups is 1. The molecule has 0 spiro atoms. The largest absolute Gasteiger partial charge is 0.377 e. The number of hydrogen-bond acceptors (Lipinski definition) is 16. The van der Waals surface area contributed by atoms with Gasteiger partial charge in [-0.3, -0.25) is 31.8 Å². The molecule has 534 valence electrons. The van der Waals surface area contributed by atoms with Crippen LogP contribution in [-0.4, -0.2) is 147 Å². The summed E-state index contributed by atoms with van der Waals surface area (Å²) in [4.78, 5) is 65.4. The van der Waals surface area contributed by atoms with Gasteiger partial charge in [0.1, 0.15) is 5.03 Å². The van der Waals surface area contributed by atoms with Gasteiger partial charge in [-0.1, -0.05) is 139 Å². The van der Waals surface area contributed by atoms with Crippen LogP contribution in [-0.2, 0) is 34.8 Å². The van der Waals surface area contributed by atoms with Crippen LogP contribution in [0.4, 0.5) is 0 Å². The molecule has 3 aliphatic carbocycles. The summed E-state index contributed by atoms with van der Waals surface area (Å²) in [6, 6.07) is 53.1. The van der Waals surface area contributed by atoms with Gasteiger partial charge in [-0.2, -0.15) is 0 Å². The summed E-state index contributed by atoms with van der Waals surface area (Å²) in [6.07, 6.45) is 23.1. The molecule has 6 fully saturated rings. The maximum Gasteiger partial charge on any atom is 0.251 e. The van der Waals surface area contributed by atoms with Gasteiger partial charge < -0.3 is 30.2 Å². The van der Waals surface area contributed by atoms with Crippen molar-refractivity contribution in [1.82, 2.24) is 59.1 Å². The second kappa shape index (κ2) is 30.9. The average molecular weight is 1460 g/mol. The lowest BCUT2D eigenvalue weighted by Gasteiger charge is -2.13. The zero-order valence-corrected chi connectivity index (χ0v) is 60.1. The number of ether oxygens (including phenoxy) is 3. The zero-order valence-electron chi connectivity index (χ0n) is 57.7. The second-order valence-electron chi connectivity index (χ2n) is 27.4. The van der Waals surface area contributed by atoms with Crippen molar-refractivity contribution in [3.05, 3.63) is 218 Å². The number of nitrogens with one attached hydrogen (secondary N) is 3. The fourth-order valence-electron chi connectivity index (χ4n) is 13.2. The molecule has 24 heteroatoms. The number of fused-ring (bicyclic) bond motifs is 3. The molecule has 4 atom stereocenters. The van der Waals surface area contributed by atoms with E-state index in [1.54, 1.807) is 40.7 Å². The summed E-state index contributed by atoms with van der Waals surface area (Å²) in [7, 11) is -5.12. The molecule has 18 rings (SSSR count). The number of carbonyl (C=O) groups excluding carboxylic acids is 3. The van der Waals surface area contributed by atoms with Gasteiger partial charge in [0.25, 0.3) is 17.7 Å². The first-order chi connectivity index (χ1) is 51.4. The monoisotopic (exact) mass is 1460 g/mol. The van der Waals surface area contributed by atoms with E-state index in [4.69, 9.17) is 29.2 Å². The van der Waals surface area contributed by atoms with E-state index in [0.717, 1.165) is 156 Å². The molecular weight excluding hydrogens is 1380 g/mol. The van der Waals surface area contributed by atoms with Gasteiger partial charge in [-0.25, -0.2) is 38.3 Å². The summed E-state index contributed by atoms with van der Waals surface area (Å²) in [6.45, 7) is 2.15. The van der Waals surface area contributed by atoms with Crippen molar-refractivity contribution < 1.29 is 41.2 Å². The lowest BCUT2D eigenvalue weighted by Crippen LogP contribution is -2.25. The Morgan fingerprint density at radius 3 is 1.25 bits per heavy atom. The van der Waals surface area contributed by atoms with Gasteiger partial charge in [0.05, 0.1) is 93.4 Å². The van der Waals surface area contributed by atoms with Crippen molar-refractivity contribution in [2.24, 2.45) is 0 Å². The quantitative estimate of drug-likeness (QED) is 0.0565. The van der Waals surface area contributed by atoms with E-state index in [-0.39, 0.29) is 58.5 Å². The van der Waals surface area contributed by atoms with Crippen molar-refractivity contribution >= 4 is 67.1 Å². The molecule has 3 saturated carbocycles. The first-order valence-corrected chi connectivity index (χ1v) is 40.0. The third-order valence-corrected chi connectivity index (χ3v) is 23.5. The van der Waals surface area contributed by atoms with Crippen LogP contribution in [0.2, 0.25) is 0 Å². The predicted octanol–water partition coefficient (Wildman–Crippen LogP) is 13.4. The Kier molecular flexibility index (Phi) is 20.4. The molecule has 6 aliphatic rings. The van der Waals surface area contributed by atoms with E-state index >= 15 is 0 Å². The van der Waals surface area contributed by atoms with Gasteiger partial charge in [-0.15, -0.1) is 0 Å². The van der Waals surface area contributed by atoms with Crippen molar-refractivity contribution in [1.29, 1.82) is 0 Å². The van der Waals surface area contributed by atoms with Crippen LogP contribution >= 0.6 is 11.8 Å². The molecule has 21 nitrogen and oxygen atoms in total. The van der Waals surface area contributed by atoms with Gasteiger partial charge in [0.15, 0.2) is 27.0 Å². The number of aromatic nitrogens is 9. The molecule has 0 radical (unpaired) electrons. The standard InChI is InChI=1S/C27H26N4O4S.C27H26N4O3S.C27H26N4O2S/c32-26(29-21-12-13-21)20-10-8-19(9-11-20)24-15-28-25-27(36(33,34)17-22-7-4-14-35-22)30-23(16-31(24)25)18-5-2-1-3-6-18;32-26(29-21-12-13-21)20-10-8-19(9-11-20)24-15-28-25-27(35(33)17-22-7-4-14-34-22)30-23(16-31(24)25)18-5-2-1-3-6-18;32-26(29-21-12-13-21)20-10-8-19(9-11-20)24-15-28-25-27(34-17-22-7-4-14-33-22)30-23(16-31(24)25)18-5-2-1-3-6-18/h1-3,5-6,8-11,15-16,21-22H,4,7,12-14,17H2,(H,29,32);1-3,5-6,8-11,15-16,21-22H,4,7,12-14,17H2,(H,29,32);1-3,5-6,8-11,15-16,21-22H,4,7,12-14,17H2,(H,29,32). The van der Waals surface area contributed by atoms with E-state index in [1.165, 1.54) is 0 Å². The number of hydrogen-bond donors (Lipinski definition) is 3. The highest BCUT2D eigenvalue weighted by atomic mass is 32.2. The van der Waals surface area contributed by atoms with Crippen LogP contribution < -0.4 is 16.0 Å². The van der Waals surface area contributed by atoms with E-state index in [1.807, 2.05) is 163 Å². The van der Waals surface area contributed by atoms with Crippen LogP contribution in [0, 0.1) is 0 Å². The highest BCUT2D eigenvalue weighted by Gasteiger charge is 2.32. The lowest BCUT2D eigenvalue weighted by molar-refractivity contribution is 0.0942. The number of nitrogens with zero attached hydrogens (tertiary/aromatic N) is 9. The highest BCUT2D eigenvalue weighted by molar-refractivity contribution is 7.99. The molecule has 0 bridgehead atoms. The summed E-state index contributed by atoms with van der Waals surface area (Å²) >= 11 is 1.71. The van der Waals surface area contributed by atoms with Gasteiger partial charge >= 0.3 is 0 Å². The first kappa shape index (κ1) is 69.3. The molecule has 3 N–H and O–H groups in total. The number of benzene rings is 6. The third-order valence-electron chi connectivity index (χ3n) is 19.4. The molecule has 3 amide bonds. The molecule has 9 heterocycles. The Bertz CT molecular complexity index is 5270. The van der Waals surface area contributed by atoms with Crippen LogP contribution in [0.1, 0.15) is 108 Å². The Labute approximate surface area is 614 Å². The first-order valence-electron chi connectivity index (χ1n) is 36.0. The zero-order chi connectivity index (χ0) is 71.4. The molecule has 105 heavy (non-hydrogen) atoms. The smallest absolute Gasteiger partial charge is 0.251 e. The van der Waals surface area contributed by atoms with Gasteiger partial charge in [-0.05, 0) is 113 Å². The fraction of sp³-hybridized carbons (Fsp3) is 0.296. The predicted molar refractivity (Wildman–Crippen MR) is 404 cm³/mol. The van der Waals surface area contributed by atoms with Crippen molar-refractivity contribution in [3.8, 4) is 67.5 Å². The molecule has 3 saturated heterocycles. The minimum Gasteiger partial charge on any atom is -0.377 e. The maximum absolute atomic E-state index is 13.5. The van der Waals surface area contributed by atoms with Crippen molar-refractivity contribution in [2.45, 2.75) is 129 Å². The Morgan fingerprint density at radius 2 is 0.819 bits per heavy atom. The number of rotatable bonds is 21. The summed E-state index contributed by atoms with van der Waals surface area (Å²) < 4.78 is 63.4. The molecule has 3 aliphatic heterocycles. The number of thioether (sulfide) groups is 1. The van der Waals surface area contributed by atoms with Gasteiger partial charge in [0.2, 0.25) is 9.84 Å². The van der Waals surface area contributed by atoms with Crippen molar-refractivity contribution in [3.63, 3.8) is 0 Å². The third kappa shape index (κ3) is 16.3. The van der Waals surface area contributed by atoms with Crippen LogP contribution in [0.5, 0.6) is 0 Å². The molecule has 4 unspecified atom stereocenters. The minimum absolute atomic E-state index is 0.00410. The van der Waals surface area contributed by atoms with E-state index in [0.29, 0.717) is 69.6 Å². The number of amides is 3. The molecular formula is C81H78N12O9S3. The minimum atomic E-state index is -3.77. The van der Waals surface area contributed by atoms with Crippen molar-refractivity contribution in [2.75, 3.05) is 37.1 Å². The summed E-state index contributed by atoms with van der Waals surface area (Å²) in [5.41, 5.74) is 13.9.